The maximum Gasteiger partial charge on any atom is -0.0157 e. The van der Waals surface area contributed by atoms with Gasteiger partial charge in [0.2, 0.25) is 0 Å². The summed E-state index contributed by atoms with van der Waals surface area (Å²) in [5.41, 5.74) is 4.14. The predicted molar refractivity (Wildman–Crippen MR) is 57.6 cm³/mol. The summed E-state index contributed by atoms with van der Waals surface area (Å²) in [5.74, 6) is 0. The van der Waals surface area contributed by atoms with Gasteiger partial charge in [-0.3, -0.25) is 0 Å². The van der Waals surface area contributed by atoms with Crippen LogP contribution in [0.5, 0.6) is 0 Å². The van der Waals surface area contributed by atoms with Crippen LogP contribution in [0.1, 0.15) is 24.5 Å². The van der Waals surface area contributed by atoms with Gasteiger partial charge in [-0.2, -0.15) is 0 Å². The highest BCUT2D eigenvalue weighted by atomic mass is 14.1. The number of aryl methyl sites for hydroxylation is 1. The maximum atomic E-state index is 2.28. The molecule has 1 aliphatic carbocycles. The number of hydrogen-bond donors (Lipinski definition) is 0. The zero-order valence-electron chi connectivity index (χ0n) is 7.96. The molecule has 0 atom stereocenters. The molecule has 0 radical (unpaired) electrons. The minimum atomic E-state index is 1.09. The number of allylic oxidation sites excluding steroid dienone is 4. The van der Waals surface area contributed by atoms with E-state index in [-0.39, 0.29) is 0 Å². The third-order valence-electron chi connectivity index (χ3n) is 2.44. The van der Waals surface area contributed by atoms with Crippen LogP contribution >= 0.6 is 0 Å². The Morgan fingerprint density at radius 3 is 2.92 bits per heavy atom. The van der Waals surface area contributed by atoms with Crippen molar-refractivity contribution in [2.75, 3.05) is 0 Å². The molecule has 2 rings (SSSR count). The molecule has 0 nitrogen and oxygen atoms in total. The van der Waals surface area contributed by atoms with Crippen LogP contribution in [0.2, 0.25) is 0 Å². The fraction of sp³-hybridized carbons (Fsp3) is 0.231. The first-order valence-electron chi connectivity index (χ1n) is 4.86. The van der Waals surface area contributed by atoms with Gasteiger partial charge in [-0.1, -0.05) is 49.4 Å². The molecule has 13 heavy (non-hydrogen) atoms. The van der Waals surface area contributed by atoms with Crippen molar-refractivity contribution < 1.29 is 0 Å². The molecule has 0 heteroatoms. The second-order valence-corrected chi connectivity index (χ2v) is 3.35. The van der Waals surface area contributed by atoms with Crippen LogP contribution in [0.4, 0.5) is 0 Å². The second-order valence-electron chi connectivity index (χ2n) is 3.35. The van der Waals surface area contributed by atoms with Crippen molar-refractivity contribution >= 4 is 5.57 Å². The van der Waals surface area contributed by atoms with Gasteiger partial charge in [0.15, 0.2) is 0 Å². The van der Waals surface area contributed by atoms with E-state index < -0.39 is 0 Å². The summed E-state index contributed by atoms with van der Waals surface area (Å²) in [4.78, 5) is 0. The Bertz CT molecular complexity index is 356. The van der Waals surface area contributed by atoms with E-state index in [1.807, 2.05) is 0 Å². The summed E-state index contributed by atoms with van der Waals surface area (Å²) in [7, 11) is 0. The van der Waals surface area contributed by atoms with Crippen LogP contribution in [0.15, 0.2) is 42.5 Å². The van der Waals surface area contributed by atoms with Crippen molar-refractivity contribution in [3.63, 3.8) is 0 Å². The van der Waals surface area contributed by atoms with Crippen molar-refractivity contribution in [3.8, 4) is 0 Å². The summed E-state index contributed by atoms with van der Waals surface area (Å²) >= 11 is 0. The van der Waals surface area contributed by atoms with E-state index in [1.165, 1.54) is 16.7 Å². The van der Waals surface area contributed by atoms with Gasteiger partial charge >= 0.3 is 0 Å². The summed E-state index contributed by atoms with van der Waals surface area (Å²) in [6, 6.07) is 8.78. The highest BCUT2D eigenvalue weighted by Gasteiger charge is 2.01. The highest BCUT2D eigenvalue weighted by Crippen LogP contribution is 2.22. The Morgan fingerprint density at radius 1 is 1.31 bits per heavy atom. The average Bonchev–Trinajstić information content (AvgIpc) is 2.71. The molecule has 66 valence electrons. The van der Waals surface area contributed by atoms with Crippen LogP contribution in [0.3, 0.4) is 0 Å². The van der Waals surface area contributed by atoms with Crippen molar-refractivity contribution in [1.29, 1.82) is 0 Å². The molecule has 0 N–H and O–H groups in total. The summed E-state index contributed by atoms with van der Waals surface area (Å²) in [6.07, 6.45) is 8.88. The van der Waals surface area contributed by atoms with Gasteiger partial charge in [0.1, 0.15) is 0 Å². The number of benzene rings is 1. The molecule has 0 saturated heterocycles. The van der Waals surface area contributed by atoms with Crippen LogP contribution in [-0.2, 0) is 6.42 Å². The van der Waals surface area contributed by atoms with Gasteiger partial charge in [0.25, 0.3) is 0 Å². The SMILES string of the molecule is CCc1cccc(C2=CCC=C2)c1. The molecule has 1 aromatic carbocycles. The molecule has 1 aromatic rings. The zero-order chi connectivity index (χ0) is 9.10. The predicted octanol–water partition coefficient (Wildman–Crippen LogP) is 3.59. The standard InChI is InChI=1S/C13H14/c1-2-11-6-5-9-13(10-11)12-7-3-4-8-12/h3,5-10H,2,4H2,1H3. The van der Waals surface area contributed by atoms with Crippen molar-refractivity contribution in [1.82, 2.24) is 0 Å². The fourth-order valence-corrected chi connectivity index (χ4v) is 1.64. The van der Waals surface area contributed by atoms with E-state index in [2.05, 4.69) is 49.4 Å². The Hall–Kier alpha value is -1.30. The van der Waals surface area contributed by atoms with Gasteiger partial charge in [-0.05, 0) is 29.5 Å². The molecule has 0 unspecified atom stereocenters. The van der Waals surface area contributed by atoms with Crippen LogP contribution < -0.4 is 0 Å². The molecular formula is C13H14. The van der Waals surface area contributed by atoms with Gasteiger partial charge < -0.3 is 0 Å². The average molecular weight is 170 g/mol. The minimum absolute atomic E-state index is 1.09. The molecule has 0 spiro atoms. The summed E-state index contributed by atoms with van der Waals surface area (Å²) < 4.78 is 0. The molecule has 0 heterocycles. The molecule has 0 aliphatic heterocycles. The molecule has 0 fully saturated rings. The van der Waals surface area contributed by atoms with Gasteiger partial charge in [-0.15, -0.1) is 0 Å². The number of rotatable bonds is 2. The largest absolute Gasteiger partial charge is 0.0801 e. The first-order valence-corrected chi connectivity index (χ1v) is 4.86. The number of hydrogen-bond acceptors (Lipinski definition) is 0. The second kappa shape index (κ2) is 3.61. The lowest BCUT2D eigenvalue weighted by Crippen LogP contribution is -1.83. The Kier molecular flexibility index (Phi) is 2.31. The summed E-state index contributed by atoms with van der Waals surface area (Å²) in [5, 5.41) is 0. The van der Waals surface area contributed by atoms with Gasteiger partial charge in [0, 0.05) is 0 Å². The topological polar surface area (TPSA) is 0 Å². The van der Waals surface area contributed by atoms with E-state index in [4.69, 9.17) is 0 Å². The van der Waals surface area contributed by atoms with Gasteiger partial charge in [-0.25, -0.2) is 0 Å². The van der Waals surface area contributed by atoms with Crippen LogP contribution in [-0.4, -0.2) is 0 Å². The lowest BCUT2D eigenvalue weighted by molar-refractivity contribution is 1.14. The smallest absolute Gasteiger partial charge is 0.0157 e. The minimum Gasteiger partial charge on any atom is -0.0801 e. The quantitative estimate of drug-likeness (QED) is 0.636. The van der Waals surface area contributed by atoms with Gasteiger partial charge in [0.05, 0.1) is 0 Å². The lowest BCUT2D eigenvalue weighted by Gasteiger charge is -2.02. The van der Waals surface area contributed by atoms with Crippen molar-refractivity contribution in [2.45, 2.75) is 19.8 Å². The molecular weight excluding hydrogens is 156 g/mol. The Balaban J connectivity index is 2.35. The zero-order valence-corrected chi connectivity index (χ0v) is 7.96. The Labute approximate surface area is 79.6 Å². The normalized spacial score (nSPS) is 14.7. The third kappa shape index (κ3) is 1.72. The Morgan fingerprint density at radius 2 is 2.23 bits per heavy atom. The summed E-state index contributed by atoms with van der Waals surface area (Å²) in [6.45, 7) is 2.19. The maximum absolute atomic E-state index is 2.28. The van der Waals surface area contributed by atoms with E-state index in [0.29, 0.717) is 0 Å². The monoisotopic (exact) mass is 170 g/mol. The third-order valence-corrected chi connectivity index (χ3v) is 2.44. The molecule has 1 aliphatic rings. The van der Waals surface area contributed by atoms with Crippen LogP contribution in [0, 0.1) is 0 Å². The molecule has 0 amide bonds. The van der Waals surface area contributed by atoms with E-state index in [1.54, 1.807) is 0 Å². The lowest BCUT2D eigenvalue weighted by atomic mass is 10.0. The fourth-order valence-electron chi connectivity index (χ4n) is 1.64. The highest BCUT2D eigenvalue weighted by molar-refractivity contribution is 5.76. The molecule has 0 saturated carbocycles. The first kappa shape index (κ1) is 8.31. The van der Waals surface area contributed by atoms with E-state index >= 15 is 0 Å². The van der Waals surface area contributed by atoms with E-state index in [0.717, 1.165) is 12.8 Å². The van der Waals surface area contributed by atoms with Crippen molar-refractivity contribution in [2.24, 2.45) is 0 Å². The van der Waals surface area contributed by atoms with Crippen molar-refractivity contribution in [3.05, 3.63) is 53.6 Å². The molecule has 0 bridgehead atoms. The first-order chi connectivity index (χ1) is 6.40. The molecule has 0 aromatic heterocycles. The van der Waals surface area contributed by atoms with Crippen LogP contribution in [0.25, 0.3) is 5.57 Å². The van der Waals surface area contributed by atoms with E-state index in [9.17, 15) is 0 Å².